The number of ether oxygens (including phenoxy) is 2. The van der Waals surface area contributed by atoms with Crippen molar-refractivity contribution in [2.75, 3.05) is 13.2 Å². The van der Waals surface area contributed by atoms with Crippen molar-refractivity contribution in [2.24, 2.45) is 0 Å². The Kier molecular flexibility index (Phi) is 6.49. The van der Waals surface area contributed by atoms with Gasteiger partial charge in [-0.3, -0.25) is 0 Å². The zero-order valence-corrected chi connectivity index (χ0v) is 16.3. The van der Waals surface area contributed by atoms with Crippen molar-refractivity contribution in [1.82, 2.24) is 0 Å². The summed E-state index contributed by atoms with van der Waals surface area (Å²) < 4.78 is 6.19. The van der Waals surface area contributed by atoms with Crippen LogP contribution in [0.1, 0.15) is 26.7 Å². The molecule has 0 radical (unpaired) electrons. The average molecular weight is 435 g/mol. The van der Waals surface area contributed by atoms with Crippen LogP contribution in [0, 0.1) is 0 Å². The maximum absolute atomic E-state index is 12.0. The van der Waals surface area contributed by atoms with E-state index in [9.17, 15) is 9.59 Å². The highest BCUT2D eigenvalue weighted by Crippen LogP contribution is 2.40. The van der Waals surface area contributed by atoms with E-state index in [4.69, 9.17) is 79.1 Å². The molecule has 22 heavy (non-hydrogen) atoms. The molecule has 0 aliphatic carbocycles. The molecule has 1 aliphatic rings. The third-order valence-corrected chi connectivity index (χ3v) is 4.42. The van der Waals surface area contributed by atoms with Crippen molar-refractivity contribution in [2.45, 2.75) is 45.1 Å². The van der Waals surface area contributed by atoms with Crippen molar-refractivity contribution < 1.29 is 19.1 Å². The van der Waals surface area contributed by atoms with Crippen molar-refractivity contribution in [3.8, 4) is 0 Å². The number of rotatable bonds is 0. The van der Waals surface area contributed by atoms with Crippen LogP contribution in [-0.2, 0) is 19.1 Å². The standard InChI is InChI=1S/C12H14Cl6O4/c1-9(13)3-11(15,16)7(19)22-6-10(2,14)4-12(17,18)8(20)21-5-9/h3-6H2,1-2H3/t9-,10-/m0/s1. The molecule has 128 valence electrons. The molecule has 4 nitrogen and oxygen atoms in total. The summed E-state index contributed by atoms with van der Waals surface area (Å²) in [5, 5.41) is 0. The number of carbonyl (C=O) groups is 2. The van der Waals surface area contributed by atoms with Gasteiger partial charge in [-0.05, 0) is 13.8 Å². The molecule has 1 rings (SSSR count). The van der Waals surface area contributed by atoms with E-state index < -0.39 is 30.4 Å². The van der Waals surface area contributed by atoms with Gasteiger partial charge in [0.15, 0.2) is 0 Å². The van der Waals surface area contributed by atoms with Gasteiger partial charge in [-0.25, -0.2) is 9.59 Å². The Morgan fingerprint density at radius 1 is 0.727 bits per heavy atom. The monoisotopic (exact) mass is 432 g/mol. The molecule has 1 saturated heterocycles. The predicted octanol–water partition coefficient (Wildman–Crippen LogP) is 4.21. The van der Waals surface area contributed by atoms with Gasteiger partial charge < -0.3 is 9.47 Å². The molecule has 1 aliphatic heterocycles. The lowest BCUT2D eigenvalue weighted by Gasteiger charge is -2.33. The SMILES string of the molecule is C[C@@]1(Cl)COC(=O)C(Cl)(Cl)C[C@](C)(Cl)COC(=O)C(Cl)(Cl)C1. The Balaban J connectivity index is 3.08. The molecule has 10 heteroatoms. The van der Waals surface area contributed by atoms with E-state index in [0.29, 0.717) is 0 Å². The number of cyclic esters (lactones) is 2. The molecule has 0 unspecified atom stereocenters. The highest BCUT2D eigenvalue weighted by molar-refractivity contribution is 6.58. The summed E-state index contributed by atoms with van der Waals surface area (Å²) in [5.41, 5.74) is 0. The molecular formula is C12H14Cl6O4. The van der Waals surface area contributed by atoms with Gasteiger partial charge >= 0.3 is 11.9 Å². The van der Waals surface area contributed by atoms with Crippen molar-refractivity contribution in [1.29, 1.82) is 0 Å². The summed E-state index contributed by atoms with van der Waals surface area (Å²) in [6.45, 7) is 2.39. The third-order valence-electron chi connectivity index (χ3n) is 2.79. The first kappa shape index (κ1) is 20.7. The zero-order valence-electron chi connectivity index (χ0n) is 11.7. The van der Waals surface area contributed by atoms with E-state index in [0.717, 1.165) is 0 Å². The fourth-order valence-corrected chi connectivity index (χ4v) is 4.00. The maximum atomic E-state index is 12.0. The topological polar surface area (TPSA) is 52.6 Å². The molecule has 0 amide bonds. The van der Waals surface area contributed by atoms with Crippen LogP contribution in [-0.4, -0.2) is 43.6 Å². The third kappa shape index (κ3) is 5.95. The Labute approximate surface area is 158 Å². The number of carbonyl (C=O) groups excluding carboxylic acids is 2. The van der Waals surface area contributed by atoms with Gasteiger partial charge in [-0.2, -0.15) is 0 Å². The van der Waals surface area contributed by atoms with Crippen molar-refractivity contribution in [3.63, 3.8) is 0 Å². The summed E-state index contributed by atoms with van der Waals surface area (Å²) in [7, 11) is 0. The summed E-state index contributed by atoms with van der Waals surface area (Å²) in [6.07, 6.45) is -0.458. The lowest BCUT2D eigenvalue weighted by Crippen LogP contribution is -2.45. The van der Waals surface area contributed by atoms with Gasteiger partial charge in [0.1, 0.15) is 13.2 Å². The van der Waals surface area contributed by atoms with Crippen molar-refractivity contribution in [3.05, 3.63) is 0 Å². The minimum Gasteiger partial charge on any atom is -0.462 e. The Bertz CT molecular complexity index is 419. The van der Waals surface area contributed by atoms with Crippen LogP contribution in [0.3, 0.4) is 0 Å². The zero-order chi connectivity index (χ0) is 17.4. The highest BCUT2D eigenvalue weighted by atomic mass is 35.5. The van der Waals surface area contributed by atoms with E-state index in [2.05, 4.69) is 0 Å². The molecule has 0 bridgehead atoms. The lowest BCUT2D eigenvalue weighted by molar-refractivity contribution is -0.148. The lowest BCUT2D eigenvalue weighted by atomic mass is 10.0. The Morgan fingerprint density at radius 3 is 1.27 bits per heavy atom. The smallest absolute Gasteiger partial charge is 0.342 e. The number of hydrogen-bond acceptors (Lipinski definition) is 4. The fraction of sp³-hybridized carbons (Fsp3) is 0.833. The summed E-state index contributed by atoms with van der Waals surface area (Å²) >= 11 is 36.2. The van der Waals surface area contributed by atoms with Crippen LogP contribution in [0.5, 0.6) is 0 Å². The van der Waals surface area contributed by atoms with E-state index in [1.165, 1.54) is 13.8 Å². The molecule has 0 N–H and O–H groups in total. The fourth-order valence-electron chi connectivity index (χ4n) is 1.82. The second kappa shape index (κ2) is 6.89. The van der Waals surface area contributed by atoms with Gasteiger partial charge in [0.25, 0.3) is 0 Å². The second-order valence-electron chi connectivity index (χ2n) is 5.74. The first-order chi connectivity index (χ1) is 9.67. The second-order valence-corrected chi connectivity index (χ2v) is 10.5. The van der Waals surface area contributed by atoms with Crippen LogP contribution in [0.15, 0.2) is 0 Å². The number of alkyl halides is 6. The molecule has 0 aromatic heterocycles. The molecule has 0 aromatic carbocycles. The van der Waals surface area contributed by atoms with E-state index in [1.54, 1.807) is 0 Å². The van der Waals surface area contributed by atoms with Gasteiger partial charge in [0.05, 0.1) is 9.75 Å². The van der Waals surface area contributed by atoms with Gasteiger partial charge in [0, 0.05) is 12.8 Å². The molecule has 1 fully saturated rings. The number of esters is 2. The Hall–Kier alpha value is 0.680. The molecule has 0 aromatic rings. The molecule has 0 saturated carbocycles. The minimum absolute atomic E-state index is 0.229. The van der Waals surface area contributed by atoms with E-state index >= 15 is 0 Å². The summed E-state index contributed by atoms with van der Waals surface area (Å²) in [6, 6.07) is 0. The average Bonchev–Trinajstić information content (AvgIpc) is 2.29. The highest BCUT2D eigenvalue weighted by Gasteiger charge is 2.48. The molecule has 2 atom stereocenters. The number of hydrogen-bond donors (Lipinski definition) is 0. The summed E-state index contributed by atoms with van der Waals surface area (Å²) in [4.78, 5) is 21.5. The maximum Gasteiger partial charge on any atom is 0.342 e. The normalized spacial score (nSPS) is 36.5. The largest absolute Gasteiger partial charge is 0.462 e. The van der Waals surface area contributed by atoms with Gasteiger partial charge in [-0.1, -0.05) is 46.4 Å². The summed E-state index contributed by atoms with van der Waals surface area (Å²) in [5.74, 6) is -1.81. The number of halogens is 6. The Morgan fingerprint density at radius 2 is 1.00 bits per heavy atom. The first-order valence-corrected chi connectivity index (χ1v) is 8.42. The molecular weight excluding hydrogens is 421 g/mol. The van der Waals surface area contributed by atoms with Crippen LogP contribution >= 0.6 is 69.6 Å². The van der Waals surface area contributed by atoms with E-state index in [-0.39, 0.29) is 26.1 Å². The predicted molar refractivity (Wildman–Crippen MR) is 88.5 cm³/mol. The van der Waals surface area contributed by atoms with E-state index in [1.807, 2.05) is 0 Å². The van der Waals surface area contributed by atoms with Gasteiger partial charge in [0.2, 0.25) is 8.67 Å². The quantitative estimate of drug-likeness (QED) is 0.423. The molecule has 0 spiro atoms. The van der Waals surface area contributed by atoms with Crippen LogP contribution in [0.4, 0.5) is 0 Å². The first-order valence-electron chi connectivity index (χ1n) is 6.15. The van der Waals surface area contributed by atoms with Crippen LogP contribution in [0.2, 0.25) is 0 Å². The van der Waals surface area contributed by atoms with Crippen LogP contribution in [0.25, 0.3) is 0 Å². The minimum atomic E-state index is -1.91. The van der Waals surface area contributed by atoms with Crippen molar-refractivity contribution >= 4 is 81.5 Å². The van der Waals surface area contributed by atoms with Gasteiger partial charge in [-0.15, -0.1) is 23.2 Å². The molecule has 1 heterocycles. The van der Waals surface area contributed by atoms with Crippen LogP contribution < -0.4 is 0 Å².